The molecule has 0 aromatic heterocycles. The Kier molecular flexibility index (Phi) is 3.27. The van der Waals surface area contributed by atoms with Crippen LogP contribution in [0, 0.1) is 0 Å². The van der Waals surface area contributed by atoms with E-state index in [0.29, 0.717) is 0 Å². The van der Waals surface area contributed by atoms with Crippen LogP contribution in [0.5, 0.6) is 0 Å². The third kappa shape index (κ3) is 2.55. The third-order valence-corrected chi connectivity index (χ3v) is 1.85. The molecule has 1 heterocycles. The molecule has 1 rings (SSSR count). The Labute approximate surface area is 81.6 Å². The minimum Gasteiger partial charge on any atom is -0.462 e. The second-order valence-electron chi connectivity index (χ2n) is 2.52. The van der Waals surface area contributed by atoms with Gasteiger partial charge in [0.25, 0.3) is 0 Å². The topological polar surface area (TPSA) is 72.8 Å². The van der Waals surface area contributed by atoms with Crippen LogP contribution in [0.3, 0.4) is 0 Å². The molecule has 1 unspecified atom stereocenters. The van der Waals surface area contributed by atoms with Crippen molar-refractivity contribution in [1.82, 2.24) is 0 Å². The minimum absolute atomic E-state index is 0.225. The van der Waals surface area contributed by atoms with Crippen LogP contribution in [0.15, 0.2) is 0 Å². The van der Waals surface area contributed by atoms with Crippen molar-refractivity contribution in [2.24, 2.45) is 0 Å². The lowest BCUT2D eigenvalue weighted by Gasteiger charge is -2.13. The molecule has 0 radical (unpaired) electrons. The highest BCUT2D eigenvalue weighted by atomic mass is 32.2. The fourth-order valence-electron chi connectivity index (χ4n) is 0.823. The second kappa shape index (κ2) is 4.09. The largest absolute Gasteiger partial charge is 0.462 e. The van der Waals surface area contributed by atoms with Gasteiger partial charge in [0.1, 0.15) is 12.7 Å². The number of hydrogen-bond donors (Lipinski definition) is 1. The van der Waals surface area contributed by atoms with Gasteiger partial charge in [-0.3, -0.25) is 4.79 Å². The number of cyclic esters (lactones) is 1. The zero-order valence-electron chi connectivity index (χ0n) is 6.74. The quantitative estimate of drug-likeness (QED) is 0.564. The third-order valence-electron chi connectivity index (χ3n) is 1.45. The van der Waals surface area contributed by atoms with Crippen molar-refractivity contribution >= 4 is 24.0 Å². The molecular weight excluding hydrogens is 222 g/mol. The average Bonchev–Trinajstić information content (AvgIpc) is 2.51. The van der Waals surface area contributed by atoms with Gasteiger partial charge >= 0.3 is 17.2 Å². The number of carbonyl (C=O) groups excluding carboxylic acids is 2. The Morgan fingerprint density at radius 1 is 1.71 bits per heavy atom. The number of ether oxygens (including phenoxy) is 2. The van der Waals surface area contributed by atoms with Gasteiger partial charge in [0.15, 0.2) is 0 Å². The van der Waals surface area contributed by atoms with Crippen LogP contribution >= 0.6 is 12.0 Å². The first-order valence-corrected chi connectivity index (χ1v) is 4.30. The zero-order valence-corrected chi connectivity index (χ0v) is 7.55. The molecule has 0 saturated carbocycles. The summed E-state index contributed by atoms with van der Waals surface area (Å²) in [7, 11) is 0. The molecule has 8 heteroatoms. The summed E-state index contributed by atoms with van der Waals surface area (Å²) in [4.78, 5) is 21.1. The van der Waals surface area contributed by atoms with Gasteiger partial charge in [-0.1, -0.05) is 0 Å². The van der Waals surface area contributed by atoms with Crippen molar-refractivity contribution in [2.45, 2.75) is 17.8 Å². The zero-order chi connectivity index (χ0) is 10.8. The summed E-state index contributed by atoms with van der Waals surface area (Å²) in [6, 6.07) is 0. The van der Waals surface area contributed by atoms with Crippen molar-refractivity contribution < 1.29 is 32.4 Å². The SMILES string of the molecule is O=C1CC(OC(=O)C(F)(F)SO)CO1. The molecule has 0 amide bonds. The summed E-state index contributed by atoms with van der Waals surface area (Å²) in [6.45, 7) is -0.225. The van der Waals surface area contributed by atoms with E-state index in [2.05, 4.69) is 9.47 Å². The van der Waals surface area contributed by atoms with Crippen molar-refractivity contribution in [2.75, 3.05) is 6.61 Å². The van der Waals surface area contributed by atoms with Crippen LogP contribution in [0.1, 0.15) is 6.42 Å². The van der Waals surface area contributed by atoms with Gasteiger partial charge in [-0.25, -0.2) is 4.79 Å². The van der Waals surface area contributed by atoms with Crippen molar-refractivity contribution in [3.05, 3.63) is 0 Å². The van der Waals surface area contributed by atoms with E-state index in [1.807, 2.05) is 0 Å². The van der Waals surface area contributed by atoms with E-state index in [0.717, 1.165) is 0 Å². The highest BCUT2D eigenvalue weighted by Gasteiger charge is 2.44. The Morgan fingerprint density at radius 3 is 2.79 bits per heavy atom. The van der Waals surface area contributed by atoms with Crippen LogP contribution in [0.4, 0.5) is 8.78 Å². The number of halogens is 2. The van der Waals surface area contributed by atoms with Gasteiger partial charge in [0.2, 0.25) is 0 Å². The predicted octanol–water partition coefficient (Wildman–Crippen LogP) is 0.644. The van der Waals surface area contributed by atoms with Gasteiger partial charge in [-0.15, -0.1) is 0 Å². The average molecular weight is 228 g/mol. The fourth-order valence-corrected chi connectivity index (χ4v) is 0.945. The second-order valence-corrected chi connectivity index (χ2v) is 3.22. The normalized spacial score (nSPS) is 21.9. The summed E-state index contributed by atoms with van der Waals surface area (Å²) >= 11 is -0.914. The molecule has 5 nitrogen and oxygen atoms in total. The molecule has 1 aliphatic heterocycles. The summed E-state index contributed by atoms with van der Waals surface area (Å²) in [5.41, 5.74) is 0. The number of alkyl halides is 2. The molecule has 1 aliphatic rings. The molecule has 14 heavy (non-hydrogen) atoms. The van der Waals surface area contributed by atoms with Crippen molar-refractivity contribution in [1.29, 1.82) is 0 Å². The van der Waals surface area contributed by atoms with Crippen LogP contribution in [0.25, 0.3) is 0 Å². The van der Waals surface area contributed by atoms with Gasteiger partial charge in [-0.2, -0.15) is 8.78 Å². The number of hydrogen-bond acceptors (Lipinski definition) is 6. The number of esters is 2. The Balaban J connectivity index is 2.45. The Morgan fingerprint density at radius 2 is 2.36 bits per heavy atom. The monoisotopic (exact) mass is 228 g/mol. The summed E-state index contributed by atoms with van der Waals surface area (Å²) < 4.78 is 41.5. The van der Waals surface area contributed by atoms with E-state index < -0.39 is 35.3 Å². The summed E-state index contributed by atoms with van der Waals surface area (Å²) in [6.07, 6.45) is -1.23. The Hall–Kier alpha value is -0.890. The van der Waals surface area contributed by atoms with Crippen LogP contribution in [-0.2, 0) is 19.1 Å². The van der Waals surface area contributed by atoms with E-state index in [1.165, 1.54) is 0 Å². The number of rotatable bonds is 3. The first kappa shape index (κ1) is 11.2. The van der Waals surface area contributed by atoms with Crippen LogP contribution in [-0.4, -0.2) is 34.5 Å². The lowest BCUT2D eigenvalue weighted by Crippen LogP contribution is -2.31. The van der Waals surface area contributed by atoms with Crippen molar-refractivity contribution in [3.63, 3.8) is 0 Å². The molecule has 0 aromatic rings. The summed E-state index contributed by atoms with van der Waals surface area (Å²) in [5, 5.41) is -4.01. The van der Waals surface area contributed by atoms with Gasteiger partial charge < -0.3 is 14.0 Å². The maximum Gasteiger partial charge on any atom is 0.412 e. The molecular formula is C6H6F2O5S. The molecule has 0 aromatic carbocycles. The van der Waals surface area contributed by atoms with Crippen molar-refractivity contribution in [3.8, 4) is 0 Å². The van der Waals surface area contributed by atoms with Gasteiger partial charge in [0.05, 0.1) is 18.5 Å². The predicted molar refractivity (Wildman–Crippen MR) is 40.6 cm³/mol. The van der Waals surface area contributed by atoms with E-state index >= 15 is 0 Å². The van der Waals surface area contributed by atoms with Crippen LogP contribution in [0.2, 0.25) is 0 Å². The lowest BCUT2D eigenvalue weighted by molar-refractivity contribution is -0.166. The smallest absolute Gasteiger partial charge is 0.412 e. The van der Waals surface area contributed by atoms with E-state index in [1.54, 1.807) is 0 Å². The highest BCUT2D eigenvalue weighted by Crippen LogP contribution is 2.28. The minimum atomic E-state index is -4.01. The van der Waals surface area contributed by atoms with Crippen LogP contribution < -0.4 is 0 Å². The number of carbonyl (C=O) groups is 2. The maximum absolute atomic E-state index is 12.4. The molecule has 0 aliphatic carbocycles. The van der Waals surface area contributed by atoms with E-state index in [4.69, 9.17) is 4.55 Å². The van der Waals surface area contributed by atoms with Gasteiger partial charge in [0, 0.05) is 0 Å². The lowest BCUT2D eigenvalue weighted by atomic mass is 10.3. The molecule has 1 N–H and O–H groups in total. The maximum atomic E-state index is 12.4. The molecule has 0 spiro atoms. The summed E-state index contributed by atoms with van der Waals surface area (Å²) in [5.74, 6) is -2.49. The highest BCUT2D eigenvalue weighted by molar-refractivity contribution is 7.95. The molecule has 1 atom stereocenters. The standard InChI is InChI=1S/C6H6F2O5S/c7-6(8,14-11)5(10)13-3-1-4(9)12-2-3/h3,11H,1-2H2. The van der Waals surface area contributed by atoms with E-state index in [9.17, 15) is 18.4 Å². The molecule has 80 valence electrons. The molecule has 0 bridgehead atoms. The molecule has 1 fully saturated rings. The fraction of sp³-hybridized carbons (Fsp3) is 0.667. The first-order valence-electron chi connectivity index (χ1n) is 3.53. The van der Waals surface area contributed by atoms with Gasteiger partial charge in [-0.05, 0) is 0 Å². The first-order chi connectivity index (χ1) is 6.45. The molecule has 1 saturated heterocycles. The van der Waals surface area contributed by atoms with E-state index in [-0.39, 0.29) is 13.0 Å². The Bertz CT molecular complexity index is 257.